The Balaban J connectivity index is 2.22. The Morgan fingerprint density at radius 2 is 1.78 bits per heavy atom. The quantitative estimate of drug-likeness (QED) is 0.653. The van der Waals surface area contributed by atoms with Gasteiger partial charge < -0.3 is 9.97 Å². The van der Waals surface area contributed by atoms with Crippen molar-refractivity contribution in [2.45, 2.75) is 0 Å². The molecular formula is C14H8N2O2. The van der Waals surface area contributed by atoms with Crippen molar-refractivity contribution in [3.8, 4) is 23.7 Å². The fourth-order valence-electron chi connectivity index (χ4n) is 1.24. The number of rotatable bonds is 0. The molecule has 2 heterocycles. The molecule has 0 amide bonds. The number of nitrogens with one attached hydrogen (secondary N) is 2. The van der Waals surface area contributed by atoms with Gasteiger partial charge in [0.05, 0.1) is 11.3 Å². The first-order chi connectivity index (χ1) is 8.75. The molecule has 2 aromatic heterocycles. The molecular weight excluding hydrogens is 228 g/mol. The number of pyridine rings is 2. The van der Waals surface area contributed by atoms with Crippen LogP contribution in [-0.2, 0) is 0 Å². The fourth-order valence-corrected chi connectivity index (χ4v) is 1.24. The number of H-pyrrole nitrogens is 2. The maximum Gasteiger partial charge on any atom is 0.263 e. The highest BCUT2D eigenvalue weighted by molar-refractivity contribution is 5.41. The Kier molecular flexibility index (Phi) is 3.44. The summed E-state index contributed by atoms with van der Waals surface area (Å²) < 4.78 is 0. The van der Waals surface area contributed by atoms with Gasteiger partial charge in [-0.2, -0.15) is 0 Å². The first kappa shape index (κ1) is 11.5. The molecule has 0 bridgehead atoms. The summed E-state index contributed by atoms with van der Waals surface area (Å²) in [5.74, 6) is 10.5. The molecule has 4 heteroatoms. The minimum atomic E-state index is -0.250. The Morgan fingerprint density at radius 1 is 0.944 bits per heavy atom. The van der Waals surface area contributed by atoms with E-state index in [0.29, 0.717) is 11.3 Å². The predicted octanol–water partition coefficient (Wildman–Crippen LogP) is 0.466. The number of hydrogen-bond acceptors (Lipinski definition) is 2. The molecule has 4 nitrogen and oxygen atoms in total. The van der Waals surface area contributed by atoms with E-state index in [4.69, 9.17) is 0 Å². The van der Waals surface area contributed by atoms with E-state index in [-0.39, 0.29) is 11.1 Å². The van der Waals surface area contributed by atoms with Crippen molar-refractivity contribution < 1.29 is 0 Å². The van der Waals surface area contributed by atoms with Crippen LogP contribution in [0.1, 0.15) is 11.3 Å². The lowest BCUT2D eigenvalue weighted by Crippen LogP contribution is -2.07. The molecule has 0 aromatic carbocycles. The zero-order valence-corrected chi connectivity index (χ0v) is 9.28. The molecule has 0 radical (unpaired) electrons. The third-order valence-corrected chi connectivity index (χ3v) is 2.04. The minimum Gasteiger partial charge on any atom is -0.328 e. The van der Waals surface area contributed by atoms with E-state index in [1.54, 1.807) is 24.3 Å². The summed E-state index contributed by atoms with van der Waals surface area (Å²) in [4.78, 5) is 27.3. The van der Waals surface area contributed by atoms with Gasteiger partial charge in [0.2, 0.25) is 5.56 Å². The van der Waals surface area contributed by atoms with E-state index in [1.807, 2.05) is 0 Å². The summed E-state index contributed by atoms with van der Waals surface area (Å²) in [6.07, 6.45) is 1.54. The van der Waals surface area contributed by atoms with E-state index in [9.17, 15) is 9.59 Å². The van der Waals surface area contributed by atoms with Crippen molar-refractivity contribution in [1.82, 2.24) is 9.97 Å². The van der Waals surface area contributed by atoms with Gasteiger partial charge in [0.1, 0.15) is 0 Å². The van der Waals surface area contributed by atoms with Gasteiger partial charge in [-0.3, -0.25) is 9.59 Å². The van der Waals surface area contributed by atoms with E-state index < -0.39 is 0 Å². The van der Waals surface area contributed by atoms with Gasteiger partial charge in [0.25, 0.3) is 5.56 Å². The number of aromatic nitrogens is 2. The van der Waals surface area contributed by atoms with E-state index in [1.165, 1.54) is 12.3 Å². The SMILES string of the molecule is O=c1cccc(C#CC#Cc2ccc[nH]c2=O)[nH]1. The zero-order valence-electron chi connectivity index (χ0n) is 9.28. The lowest BCUT2D eigenvalue weighted by molar-refractivity contribution is 1.21. The number of hydrogen-bond donors (Lipinski definition) is 2. The van der Waals surface area contributed by atoms with Crippen LogP contribution in [-0.4, -0.2) is 9.97 Å². The van der Waals surface area contributed by atoms with Crippen molar-refractivity contribution in [2.24, 2.45) is 0 Å². The van der Waals surface area contributed by atoms with E-state index in [0.717, 1.165) is 0 Å². The smallest absolute Gasteiger partial charge is 0.263 e. The van der Waals surface area contributed by atoms with Crippen molar-refractivity contribution >= 4 is 0 Å². The highest BCUT2D eigenvalue weighted by Gasteiger charge is 1.89. The Bertz CT molecular complexity index is 792. The van der Waals surface area contributed by atoms with Gasteiger partial charge in [-0.1, -0.05) is 6.07 Å². The first-order valence-electron chi connectivity index (χ1n) is 5.15. The molecule has 0 saturated carbocycles. The molecule has 0 aliphatic rings. The summed E-state index contributed by atoms with van der Waals surface area (Å²) in [6, 6.07) is 7.98. The van der Waals surface area contributed by atoms with Crippen LogP contribution in [0.4, 0.5) is 0 Å². The lowest BCUT2D eigenvalue weighted by Gasteiger charge is -1.86. The maximum absolute atomic E-state index is 11.3. The van der Waals surface area contributed by atoms with Crippen molar-refractivity contribution in [1.29, 1.82) is 0 Å². The highest BCUT2D eigenvalue weighted by Crippen LogP contribution is 1.86. The second kappa shape index (κ2) is 5.38. The number of aromatic amines is 2. The molecule has 2 N–H and O–H groups in total. The molecule has 0 aliphatic carbocycles. The van der Waals surface area contributed by atoms with Gasteiger partial charge in [0, 0.05) is 12.3 Å². The highest BCUT2D eigenvalue weighted by atomic mass is 16.1. The van der Waals surface area contributed by atoms with Gasteiger partial charge in [-0.25, -0.2) is 0 Å². The van der Waals surface area contributed by atoms with Gasteiger partial charge >= 0.3 is 0 Å². The van der Waals surface area contributed by atoms with Crippen molar-refractivity contribution in [3.05, 3.63) is 68.5 Å². The monoisotopic (exact) mass is 236 g/mol. The zero-order chi connectivity index (χ0) is 12.8. The van der Waals surface area contributed by atoms with Crippen LogP contribution in [0, 0.1) is 23.7 Å². The molecule has 0 aliphatic heterocycles. The van der Waals surface area contributed by atoms with Crippen molar-refractivity contribution in [2.75, 3.05) is 0 Å². The first-order valence-corrected chi connectivity index (χ1v) is 5.15. The second-order valence-corrected chi connectivity index (χ2v) is 3.34. The summed E-state index contributed by atoms with van der Waals surface area (Å²) in [6.45, 7) is 0. The van der Waals surface area contributed by atoms with Crippen molar-refractivity contribution in [3.63, 3.8) is 0 Å². The molecule has 18 heavy (non-hydrogen) atoms. The molecule has 0 fully saturated rings. The normalized spacial score (nSPS) is 8.67. The van der Waals surface area contributed by atoms with Crippen LogP contribution in [0.3, 0.4) is 0 Å². The molecule has 0 unspecified atom stereocenters. The lowest BCUT2D eigenvalue weighted by atomic mass is 10.3. The fraction of sp³-hybridized carbons (Fsp3) is 0. The Morgan fingerprint density at radius 3 is 2.56 bits per heavy atom. The van der Waals surface area contributed by atoms with Gasteiger partial charge in [-0.15, -0.1) is 0 Å². The summed E-state index contributed by atoms with van der Waals surface area (Å²) in [5, 5.41) is 0. The van der Waals surface area contributed by atoms with E-state index in [2.05, 4.69) is 33.6 Å². The van der Waals surface area contributed by atoms with Crippen LogP contribution in [0.2, 0.25) is 0 Å². The topological polar surface area (TPSA) is 65.7 Å². The van der Waals surface area contributed by atoms with Crippen LogP contribution >= 0.6 is 0 Å². The minimum absolute atomic E-state index is 0.214. The third kappa shape index (κ3) is 3.01. The van der Waals surface area contributed by atoms with Crippen LogP contribution < -0.4 is 11.1 Å². The molecule has 0 saturated heterocycles. The standard InChI is InChI=1S/C14H8N2O2/c17-13-9-3-8-12(16-13)7-2-1-5-11-6-4-10-15-14(11)18/h3-4,6,8-10H,(H,15,18)(H,16,17). The molecule has 86 valence electrons. The second-order valence-electron chi connectivity index (χ2n) is 3.34. The van der Waals surface area contributed by atoms with Crippen LogP contribution in [0.15, 0.2) is 46.1 Å². The van der Waals surface area contributed by atoms with Crippen LogP contribution in [0.25, 0.3) is 0 Å². The Hall–Kier alpha value is -2.98. The maximum atomic E-state index is 11.3. The average molecular weight is 236 g/mol. The van der Waals surface area contributed by atoms with Gasteiger partial charge in [0.15, 0.2) is 0 Å². The summed E-state index contributed by atoms with van der Waals surface area (Å²) >= 11 is 0. The third-order valence-electron chi connectivity index (χ3n) is 2.04. The largest absolute Gasteiger partial charge is 0.328 e. The molecule has 0 spiro atoms. The summed E-state index contributed by atoms with van der Waals surface area (Å²) in [7, 11) is 0. The molecule has 2 aromatic rings. The van der Waals surface area contributed by atoms with Crippen LogP contribution in [0.5, 0.6) is 0 Å². The van der Waals surface area contributed by atoms with Gasteiger partial charge in [-0.05, 0) is 41.9 Å². The average Bonchev–Trinajstić information content (AvgIpc) is 2.37. The predicted molar refractivity (Wildman–Crippen MR) is 67.9 cm³/mol. The molecule has 0 atom stereocenters. The molecule has 2 rings (SSSR count). The van der Waals surface area contributed by atoms with E-state index >= 15 is 0 Å². The Labute approximate surface area is 103 Å². The summed E-state index contributed by atoms with van der Waals surface area (Å²) in [5.41, 5.74) is 0.376.